The molecule has 3 rings (SSSR count). The summed E-state index contributed by atoms with van der Waals surface area (Å²) in [6.07, 6.45) is 1.00. The number of thiophene rings is 1. The number of benzene rings is 1. The van der Waals surface area contributed by atoms with Gasteiger partial charge in [-0.1, -0.05) is 11.6 Å². The van der Waals surface area contributed by atoms with Crippen LogP contribution in [0.1, 0.15) is 23.3 Å². The van der Waals surface area contributed by atoms with E-state index in [4.69, 9.17) is 11.6 Å². The van der Waals surface area contributed by atoms with Crippen molar-refractivity contribution < 1.29 is 9.59 Å². The zero-order valence-corrected chi connectivity index (χ0v) is 13.1. The molecular formula is C15H15ClN2O2S. The largest absolute Gasteiger partial charge is 0.349 e. The fourth-order valence-electron chi connectivity index (χ4n) is 2.51. The van der Waals surface area contributed by atoms with Gasteiger partial charge in [0.15, 0.2) is 0 Å². The van der Waals surface area contributed by atoms with Crippen molar-refractivity contribution in [2.24, 2.45) is 0 Å². The quantitative estimate of drug-likeness (QED) is 0.913. The molecule has 1 fully saturated rings. The van der Waals surface area contributed by atoms with E-state index in [1.165, 1.54) is 0 Å². The van der Waals surface area contributed by atoms with E-state index >= 15 is 0 Å². The van der Waals surface area contributed by atoms with Crippen LogP contribution in [-0.4, -0.2) is 17.9 Å². The van der Waals surface area contributed by atoms with Crippen LogP contribution in [-0.2, 0) is 16.1 Å². The van der Waals surface area contributed by atoms with Crippen LogP contribution in [0, 0.1) is 6.92 Å². The standard InChI is InChI=1S/C15H15ClN2O2S/c1-8-10-6-9(16)2-4-12(10)21-13(8)7-17-15(20)11-3-5-14(19)18-11/h2,4,6,11H,3,5,7H2,1H3,(H,17,20)(H,18,19)/t11-/m1/s1. The molecule has 1 aliphatic rings. The Bertz CT molecular complexity index is 726. The van der Waals surface area contributed by atoms with Crippen LogP contribution in [0.15, 0.2) is 18.2 Å². The molecule has 1 aliphatic heterocycles. The van der Waals surface area contributed by atoms with Gasteiger partial charge in [-0.3, -0.25) is 9.59 Å². The van der Waals surface area contributed by atoms with E-state index in [0.29, 0.717) is 24.4 Å². The van der Waals surface area contributed by atoms with Gasteiger partial charge in [-0.05, 0) is 42.5 Å². The summed E-state index contributed by atoms with van der Waals surface area (Å²) in [5.41, 5.74) is 1.15. The zero-order chi connectivity index (χ0) is 15.0. The predicted octanol–water partition coefficient (Wildman–Crippen LogP) is 2.76. The Kier molecular flexibility index (Phi) is 3.87. The highest BCUT2D eigenvalue weighted by molar-refractivity contribution is 7.19. The highest BCUT2D eigenvalue weighted by Gasteiger charge is 2.27. The van der Waals surface area contributed by atoms with Gasteiger partial charge in [-0.15, -0.1) is 11.3 Å². The second-order valence-electron chi connectivity index (χ2n) is 5.17. The first-order valence-electron chi connectivity index (χ1n) is 6.79. The Hall–Kier alpha value is -1.59. The highest BCUT2D eigenvalue weighted by Crippen LogP contribution is 2.32. The van der Waals surface area contributed by atoms with Crippen molar-refractivity contribution in [2.75, 3.05) is 0 Å². The maximum absolute atomic E-state index is 12.0. The van der Waals surface area contributed by atoms with Gasteiger partial charge in [0, 0.05) is 21.0 Å². The van der Waals surface area contributed by atoms with Gasteiger partial charge in [0.05, 0.1) is 6.54 Å². The van der Waals surface area contributed by atoms with Crippen LogP contribution in [0.5, 0.6) is 0 Å². The predicted molar refractivity (Wildman–Crippen MR) is 84.6 cm³/mol. The van der Waals surface area contributed by atoms with Gasteiger partial charge in [0.25, 0.3) is 0 Å². The van der Waals surface area contributed by atoms with E-state index in [0.717, 1.165) is 20.5 Å². The maximum Gasteiger partial charge on any atom is 0.242 e. The molecule has 0 radical (unpaired) electrons. The Morgan fingerprint density at radius 2 is 2.33 bits per heavy atom. The van der Waals surface area contributed by atoms with E-state index in [1.807, 2.05) is 25.1 Å². The van der Waals surface area contributed by atoms with E-state index in [-0.39, 0.29) is 17.9 Å². The molecule has 2 amide bonds. The van der Waals surface area contributed by atoms with Crippen LogP contribution >= 0.6 is 22.9 Å². The molecule has 4 nitrogen and oxygen atoms in total. The molecule has 0 spiro atoms. The number of nitrogens with one attached hydrogen (secondary N) is 2. The maximum atomic E-state index is 12.0. The van der Waals surface area contributed by atoms with Crippen molar-refractivity contribution in [3.05, 3.63) is 33.7 Å². The van der Waals surface area contributed by atoms with Crippen molar-refractivity contribution in [1.82, 2.24) is 10.6 Å². The van der Waals surface area contributed by atoms with Crippen molar-refractivity contribution in [3.63, 3.8) is 0 Å². The molecule has 21 heavy (non-hydrogen) atoms. The summed E-state index contributed by atoms with van der Waals surface area (Å²) < 4.78 is 1.16. The van der Waals surface area contributed by atoms with Crippen LogP contribution in [0.25, 0.3) is 10.1 Å². The average molecular weight is 323 g/mol. The minimum atomic E-state index is -0.387. The minimum absolute atomic E-state index is 0.0529. The number of fused-ring (bicyclic) bond motifs is 1. The number of carbonyl (C=O) groups excluding carboxylic acids is 2. The summed E-state index contributed by atoms with van der Waals surface area (Å²) in [6.45, 7) is 2.52. The number of amides is 2. The van der Waals surface area contributed by atoms with Crippen LogP contribution < -0.4 is 10.6 Å². The smallest absolute Gasteiger partial charge is 0.242 e. The SMILES string of the molecule is Cc1c(CNC(=O)[C@H]2CCC(=O)N2)sc2ccc(Cl)cc12. The van der Waals surface area contributed by atoms with E-state index in [1.54, 1.807) is 11.3 Å². The first-order valence-corrected chi connectivity index (χ1v) is 7.98. The Morgan fingerprint density at radius 3 is 3.05 bits per heavy atom. The van der Waals surface area contributed by atoms with Crippen LogP contribution in [0.3, 0.4) is 0 Å². The van der Waals surface area contributed by atoms with E-state index < -0.39 is 0 Å². The first kappa shape index (κ1) is 14.4. The Balaban J connectivity index is 1.72. The second kappa shape index (κ2) is 5.66. The molecule has 0 saturated carbocycles. The molecule has 0 bridgehead atoms. The normalized spacial score (nSPS) is 18.0. The van der Waals surface area contributed by atoms with Gasteiger partial charge >= 0.3 is 0 Å². The van der Waals surface area contributed by atoms with Gasteiger partial charge in [0.2, 0.25) is 11.8 Å². The molecule has 0 aliphatic carbocycles. The topological polar surface area (TPSA) is 58.2 Å². The molecule has 1 atom stereocenters. The van der Waals surface area contributed by atoms with Crippen molar-refractivity contribution in [1.29, 1.82) is 0 Å². The summed E-state index contributed by atoms with van der Waals surface area (Å²) in [4.78, 5) is 24.3. The molecule has 0 unspecified atom stereocenters. The lowest BCUT2D eigenvalue weighted by atomic mass is 10.1. The molecule has 1 aromatic carbocycles. The lowest BCUT2D eigenvalue weighted by Gasteiger charge is -2.10. The van der Waals surface area contributed by atoms with Crippen LogP contribution in [0.2, 0.25) is 5.02 Å². The Labute approximate surface area is 131 Å². The fraction of sp³-hybridized carbons (Fsp3) is 0.333. The highest BCUT2D eigenvalue weighted by atomic mass is 35.5. The minimum Gasteiger partial charge on any atom is -0.349 e. The lowest BCUT2D eigenvalue weighted by Crippen LogP contribution is -2.41. The van der Waals surface area contributed by atoms with Crippen molar-refractivity contribution in [2.45, 2.75) is 32.4 Å². The number of hydrogen-bond acceptors (Lipinski definition) is 3. The molecule has 110 valence electrons. The van der Waals surface area contributed by atoms with Gasteiger partial charge in [-0.2, -0.15) is 0 Å². The fourth-order valence-corrected chi connectivity index (χ4v) is 3.82. The van der Waals surface area contributed by atoms with Crippen molar-refractivity contribution >= 4 is 44.8 Å². The monoisotopic (exact) mass is 322 g/mol. The van der Waals surface area contributed by atoms with Gasteiger partial charge < -0.3 is 10.6 Å². The van der Waals surface area contributed by atoms with Gasteiger partial charge in [-0.25, -0.2) is 0 Å². The second-order valence-corrected chi connectivity index (χ2v) is 6.74. The third-order valence-corrected chi connectivity index (χ3v) is 5.24. The number of hydrogen-bond donors (Lipinski definition) is 2. The third-order valence-electron chi connectivity index (χ3n) is 3.73. The first-order chi connectivity index (χ1) is 10.0. The van der Waals surface area contributed by atoms with Crippen molar-refractivity contribution in [3.8, 4) is 0 Å². The van der Waals surface area contributed by atoms with Gasteiger partial charge in [0.1, 0.15) is 6.04 Å². The van der Waals surface area contributed by atoms with Crippen LogP contribution in [0.4, 0.5) is 0 Å². The zero-order valence-electron chi connectivity index (χ0n) is 11.5. The molecule has 2 aromatic rings. The number of halogens is 1. The molecule has 2 N–H and O–H groups in total. The average Bonchev–Trinajstić information content (AvgIpc) is 3.02. The molecule has 1 aromatic heterocycles. The molecular weight excluding hydrogens is 308 g/mol. The summed E-state index contributed by atoms with van der Waals surface area (Å²) in [7, 11) is 0. The number of aryl methyl sites for hydroxylation is 1. The third kappa shape index (κ3) is 2.89. The number of carbonyl (C=O) groups is 2. The lowest BCUT2D eigenvalue weighted by molar-refractivity contribution is -0.125. The Morgan fingerprint density at radius 1 is 1.52 bits per heavy atom. The molecule has 6 heteroatoms. The summed E-state index contributed by atoms with van der Waals surface area (Å²) in [5, 5.41) is 7.42. The summed E-state index contributed by atoms with van der Waals surface area (Å²) >= 11 is 7.68. The molecule has 1 saturated heterocycles. The summed E-state index contributed by atoms with van der Waals surface area (Å²) in [5.74, 6) is -0.168. The summed E-state index contributed by atoms with van der Waals surface area (Å²) in [6, 6.07) is 5.43. The number of rotatable bonds is 3. The molecule has 2 heterocycles. The van der Waals surface area contributed by atoms with E-state index in [2.05, 4.69) is 10.6 Å². The van der Waals surface area contributed by atoms with E-state index in [9.17, 15) is 9.59 Å².